The van der Waals surface area contributed by atoms with Crippen molar-refractivity contribution in [2.24, 2.45) is 0 Å². The van der Waals surface area contributed by atoms with Gasteiger partial charge in [0.05, 0.1) is 0 Å². The molecule has 0 atom stereocenters. The molecule has 0 aliphatic carbocycles. The Morgan fingerprint density at radius 2 is 0.520 bits per heavy atom. The van der Waals surface area contributed by atoms with Gasteiger partial charge in [-0.15, -0.1) is 0 Å². The van der Waals surface area contributed by atoms with E-state index in [0.29, 0.717) is 46.0 Å². The summed E-state index contributed by atoms with van der Waals surface area (Å²) in [6, 6.07) is 40.1. The Balaban J connectivity index is 1.20. The fourth-order valence-corrected chi connectivity index (χ4v) is 8.20. The first-order valence-electron chi connectivity index (χ1n) is 16.4. The van der Waals surface area contributed by atoms with Crippen molar-refractivity contribution in [1.82, 2.24) is 0 Å². The summed E-state index contributed by atoms with van der Waals surface area (Å²) in [5.74, 6) is 3.65. The highest BCUT2D eigenvalue weighted by atomic mass is 17.1. The van der Waals surface area contributed by atoms with Crippen LogP contribution in [0.2, 0.25) is 0 Å². The molecule has 50 heavy (non-hydrogen) atoms. The quantitative estimate of drug-likeness (QED) is 0.160. The van der Waals surface area contributed by atoms with E-state index in [4.69, 9.17) is 37.9 Å². The Labute approximate surface area is 282 Å². The van der Waals surface area contributed by atoms with Crippen LogP contribution in [0, 0.1) is 0 Å². The zero-order chi connectivity index (χ0) is 32.3. The molecule has 8 aromatic carbocycles. The topological polar surface area (TPSA) is 73.8 Å². The van der Waals surface area contributed by atoms with Gasteiger partial charge in [0.1, 0.15) is 0 Å². The van der Waals surface area contributed by atoms with Gasteiger partial charge in [-0.3, -0.25) is 0 Å². The van der Waals surface area contributed by atoms with E-state index in [9.17, 15) is 0 Å². The van der Waals surface area contributed by atoms with Gasteiger partial charge >= 0.3 is 12.3 Å². The zero-order valence-electron chi connectivity index (χ0n) is 25.8. The number of rotatable bonds is 0. The highest BCUT2D eigenvalue weighted by Crippen LogP contribution is 2.63. The van der Waals surface area contributed by atoms with Crippen LogP contribution in [0.3, 0.4) is 0 Å². The first-order chi connectivity index (χ1) is 24.6. The fraction of sp³-hybridized carbons (Fsp3) is 0.0476. The minimum absolute atomic E-state index is 0.447. The summed E-state index contributed by atoms with van der Waals surface area (Å²) in [6.45, 7) is 0. The molecule has 8 heteroatoms. The van der Waals surface area contributed by atoms with Gasteiger partial charge < -0.3 is 37.9 Å². The smallest absolute Gasteiger partial charge is 0.382 e. The third-order valence-electron chi connectivity index (χ3n) is 10.2. The lowest BCUT2D eigenvalue weighted by atomic mass is 9.91. The number of fused-ring (bicyclic) bond motifs is 10. The van der Waals surface area contributed by atoms with Crippen LogP contribution in [0.25, 0.3) is 65.3 Å². The minimum atomic E-state index is -1.94. The molecule has 8 nitrogen and oxygen atoms in total. The number of ether oxygens (including phenoxy) is 8. The number of benzene rings is 8. The zero-order valence-corrected chi connectivity index (χ0v) is 25.8. The first-order valence-corrected chi connectivity index (χ1v) is 16.4. The monoisotopic (exact) mass is 652 g/mol. The van der Waals surface area contributed by atoms with Crippen molar-refractivity contribution in [2.75, 3.05) is 0 Å². The van der Waals surface area contributed by atoms with Gasteiger partial charge in [0.15, 0.2) is 46.0 Å². The van der Waals surface area contributed by atoms with Crippen molar-refractivity contribution >= 4 is 43.1 Å². The molecular weight excluding hydrogens is 632 g/mol. The second-order valence-electron chi connectivity index (χ2n) is 13.0. The van der Waals surface area contributed by atoms with Crippen LogP contribution in [-0.4, -0.2) is 12.3 Å². The molecule has 0 saturated carbocycles. The third-order valence-corrected chi connectivity index (χ3v) is 10.2. The van der Waals surface area contributed by atoms with E-state index in [-0.39, 0.29) is 0 Å². The molecule has 0 unspecified atom stereocenters. The van der Waals surface area contributed by atoms with Crippen molar-refractivity contribution in [3.63, 3.8) is 0 Å². The van der Waals surface area contributed by atoms with Crippen LogP contribution in [0.1, 0.15) is 0 Å². The predicted octanol–water partition coefficient (Wildman–Crippen LogP) is 9.65. The number of hydrogen-bond donors (Lipinski definition) is 0. The maximum atomic E-state index is 6.80. The van der Waals surface area contributed by atoms with Gasteiger partial charge in [0, 0.05) is 22.3 Å². The molecule has 13 rings (SSSR count). The predicted molar refractivity (Wildman–Crippen MR) is 184 cm³/mol. The minimum Gasteiger partial charge on any atom is -0.382 e. The Kier molecular flexibility index (Phi) is 4.16. The van der Waals surface area contributed by atoms with E-state index in [0.717, 1.165) is 65.3 Å². The summed E-state index contributed by atoms with van der Waals surface area (Å²) in [7, 11) is 0. The van der Waals surface area contributed by atoms with Gasteiger partial charge in [-0.25, -0.2) is 0 Å². The lowest BCUT2D eigenvalue weighted by molar-refractivity contribution is -0.331. The van der Waals surface area contributed by atoms with Crippen molar-refractivity contribution in [1.29, 1.82) is 0 Å². The Morgan fingerprint density at radius 3 is 0.780 bits per heavy atom. The highest BCUT2D eigenvalue weighted by Gasteiger charge is 2.59. The molecule has 2 spiro atoms. The summed E-state index contributed by atoms with van der Waals surface area (Å²) < 4.78 is 53.7. The van der Waals surface area contributed by atoms with E-state index in [1.807, 2.05) is 121 Å². The summed E-state index contributed by atoms with van der Waals surface area (Å²) in [5.41, 5.74) is 2.93. The van der Waals surface area contributed by atoms with E-state index < -0.39 is 12.3 Å². The summed E-state index contributed by atoms with van der Waals surface area (Å²) >= 11 is 0. The van der Waals surface area contributed by atoms with E-state index in [1.54, 1.807) is 0 Å². The molecular formula is C42H20O8. The molecule has 5 aliphatic heterocycles. The second-order valence-corrected chi connectivity index (χ2v) is 13.0. The summed E-state index contributed by atoms with van der Waals surface area (Å²) in [5, 5.41) is 7.36. The normalized spacial score (nSPS) is 16.8. The van der Waals surface area contributed by atoms with Crippen molar-refractivity contribution < 1.29 is 37.9 Å². The highest BCUT2D eigenvalue weighted by molar-refractivity contribution is 6.14. The van der Waals surface area contributed by atoms with Gasteiger partial charge in [-0.05, 0) is 67.4 Å². The lowest BCUT2D eigenvalue weighted by Gasteiger charge is -2.21. The second kappa shape index (κ2) is 8.25. The van der Waals surface area contributed by atoms with Crippen molar-refractivity contribution in [3.05, 3.63) is 121 Å². The van der Waals surface area contributed by atoms with Crippen LogP contribution in [0.5, 0.6) is 46.0 Å². The molecule has 0 radical (unpaired) electrons. The number of hydrogen-bond acceptors (Lipinski definition) is 8. The maximum absolute atomic E-state index is 6.80. The molecule has 6 bridgehead atoms. The van der Waals surface area contributed by atoms with Gasteiger partial charge in [0.25, 0.3) is 0 Å². The van der Waals surface area contributed by atoms with Gasteiger partial charge in [-0.2, -0.15) is 0 Å². The fourth-order valence-electron chi connectivity index (χ4n) is 8.20. The SMILES string of the molecule is c1ccc2c3c4c(cc2c1)OC1(Oc2cc5ccccc5c(c2O1)-c1c2c(cc5ccccc15)OC1(Oc5cc6ccccc6c-3c5O1)O2)O4. The Morgan fingerprint density at radius 1 is 0.280 bits per heavy atom. The largest absolute Gasteiger partial charge is 0.611 e. The summed E-state index contributed by atoms with van der Waals surface area (Å²) in [4.78, 5) is 0. The molecule has 0 saturated heterocycles. The standard InChI is InChI=1S/C42H20O8/c1-5-13-25-21(9-1)17-29-37-33(25)34-26-14-6-2-10-22(26)18-30-38(34)48-42(45-30)46-32-20-24-12-4-8-16-28(24)36(40(32)50-42)35-27-15-7-3-11-23(27)19-31-39(35)49-41(43-29,44-31)47-37/h1-20H. The first kappa shape index (κ1) is 25.2. The van der Waals surface area contributed by atoms with Crippen LogP contribution in [0.15, 0.2) is 121 Å². The molecule has 0 fully saturated rings. The van der Waals surface area contributed by atoms with Crippen LogP contribution in [0.4, 0.5) is 0 Å². The average Bonchev–Trinajstić information content (AvgIpc) is 3.88. The van der Waals surface area contributed by atoms with Crippen LogP contribution in [-0.2, 0) is 0 Å². The molecule has 5 aliphatic rings. The van der Waals surface area contributed by atoms with Crippen molar-refractivity contribution in [2.45, 2.75) is 12.3 Å². The summed E-state index contributed by atoms with van der Waals surface area (Å²) in [6.07, 6.45) is -3.87. The molecule has 236 valence electrons. The van der Waals surface area contributed by atoms with Crippen molar-refractivity contribution in [3.8, 4) is 68.2 Å². The maximum Gasteiger partial charge on any atom is 0.611 e. The van der Waals surface area contributed by atoms with Gasteiger partial charge in [-0.1, -0.05) is 97.1 Å². The van der Waals surface area contributed by atoms with Crippen LogP contribution < -0.4 is 37.9 Å². The Bertz CT molecular complexity index is 2520. The Hall–Kier alpha value is -6.80. The van der Waals surface area contributed by atoms with E-state index in [2.05, 4.69) is 0 Å². The van der Waals surface area contributed by atoms with Gasteiger partial charge in [0.2, 0.25) is 0 Å². The van der Waals surface area contributed by atoms with Crippen LogP contribution >= 0.6 is 0 Å². The molecule has 8 aromatic rings. The third kappa shape index (κ3) is 2.99. The average molecular weight is 653 g/mol. The molecule has 0 aromatic heterocycles. The van der Waals surface area contributed by atoms with E-state index in [1.165, 1.54) is 0 Å². The molecule has 5 heterocycles. The van der Waals surface area contributed by atoms with E-state index >= 15 is 0 Å². The molecule has 0 amide bonds. The molecule has 0 N–H and O–H groups in total. The lowest BCUT2D eigenvalue weighted by Crippen LogP contribution is -2.47.